The molecule has 60 valence electrons. The Morgan fingerprint density at radius 2 is 1.90 bits per heavy atom. The molecular weight excluding hydrogens is 124 g/mol. The quantitative estimate of drug-likeness (QED) is 0.438. The Morgan fingerprint density at radius 3 is 1.90 bits per heavy atom. The average molecular weight is 142 g/mol. The van der Waals surface area contributed by atoms with Gasteiger partial charge in [-0.25, -0.2) is 0 Å². The largest absolute Gasteiger partial charge is 0.327 e. The molecule has 0 saturated heterocycles. The van der Waals surface area contributed by atoms with Gasteiger partial charge in [-0.3, -0.25) is 0 Å². The summed E-state index contributed by atoms with van der Waals surface area (Å²) in [6.45, 7) is 6.58. The molecule has 0 aromatic heterocycles. The Labute approximate surface area is 63.8 Å². The molecule has 2 heteroatoms. The molecule has 0 aromatic carbocycles. The molecule has 0 rings (SSSR count). The number of rotatable bonds is 1. The Morgan fingerprint density at radius 1 is 1.50 bits per heavy atom. The van der Waals surface area contributed by atoms with E-state index in [9.17, 15) is 0 Å². The van der Waals surface area contributed by atoms with Crippen LogP contribution in [0.3, 0.4) is 0 Å². The summed E-state index contributed by atoms with van der Waals surface area (Å²) in [5, 5.41) is 0. The van der Waals surface area contributed by atoms with Crippen LogP contribution in [0.2, 0.25) is 0 Å². The number of nitrogens with zero attached hydrogens (tertiary/aromatic N) is 1. The molecule has 0 saturated carbocycles. The highest BCUT2D eigenvalue weighted by Gasteiger charge is 1.73. The van der Waals surface area contributed by atoms with E-state index in [1.165, 1.54) is 5.57 Å². The number of hydrogen-bond donors (Lipinski definition) is 1. The third kappa shape index (κ3) is 15.7. The maximum absolute atomic E-state index is 5.21. The predicted octanol–water partition coefficient (Wildman–Crippen LogP) is 1.62. The van der Waals surface area contributed by atoms with Crippen LogP contribution in [-0.2, 0) is 0 Å². The molecular formula is C8H18N2. The first kappa shape index (κ1) is 12.1. The van der Waals surface area contributed by atoms with Crippen LogP contribution in [0.1, 0.15) is 20.8 Å². The van der Waals surface area contributed by atoms with E-state index >= 15 is 0 Å². The van der Waals surface area contributed by atoms with Crippen LogP contribution in [0, 0.1) is 0 Å². The van der Waals surface area contributed by atoms with Crippen molar-refractivity contribution in [3.63, 3.8) is 0 Å². The van der Waals surface area contributed by atoms with Crippen LogP contribution in [0.5, 0.6) is 0 Å². The SMILES string of the molecule is C/C=C(\C)CN.CC=NC. The fraction of sp³-hybridized carbons (Fsp3) is 0.625. The molecule has 0 fully saturated rings. The van der Waals surface area contributed by atoms with Gasteiger partial charge in [-0.2, -0.15) is 0 Å². The van der Waals surface area contributed by atoms with Crippen molar-refractivity contribution in [2.24, 2.45) is 10.7 Å². The van der Waals surface area contributed by atoms with E-state index in [1.54, 1.807) is 13.3 Å². The first-order chi connectivity index (χ1) is 4.72. The molecule has 0 radical (unpaired) electrons. The summed E-state index contributed by atoms with van der Waals surface area (Å²) in [5.74, 6) is 0. The topological polar surface area (TPSA) is 38.4 Å². The number of hydrogen-bond acceptors (Lipinski definition) is 2. The summed E-state index contributed by atoms with van der Waals surface area (Å²) < 4.78 is 0. The third-order valence-corrected chi connectivity index (χ3v) is 1.07. The zero-order valence-corrected chi connectivity index (χ0v) is 7.39. The molecule has 2 N–H and O–H groups in total. The van der Waals surface area contributed by atoms with E-state index in [-0.39, 0.29) is 0 Å². The molecule has 0 amide bonds. The lowest BCUT2D eigenvalue weighted by atomic mass is 10.3. The minimum absolute atomic E-state index is 0.691. The Kier molecular flexibility index (Phi) is 13.5. The molecule has 0 spiro atoms. The van der Waals surface area contributed by atoms with E-state index in [0.29, 0.717) is 6.54 Å². The van der Waals surface area contributed by atoms with Gasteiger partial charge in [0, 0.05) is 13.6 Å². The van der Waals surface area contributed by atoms with E-state index in [2.05, 4.69) is 4.99 Å². The van der Waals surface area contributed by atoms with Gasteiger partial charge in [0.1, 0.15) is 0 Å². The van der Waals surface area contributed by atoms with E-state index in [4.69, 9.17) is 5.73 Å². The van der Waals surface area contributed by atoms with Crippen molar-refractivity contribution < 1.29 is 0 Å². The summed E-state index contributed by atoms with van der Waals surface area (Å²) in [6.07, 6.45) is 3.76. The molecule has 0 aliphatic rings. The summed E-state index contributed by atoms with van der Waals surface area (Å²) in [7, 11) is 1.75. The number of allylic oxidation sites excluding steroid dienone is 1. The normalized spacial score (nSPS) is 11.1. The minimum atomic E-state index is 0.691. The van der Waals surface area contributed by atoms with Crippen molar-refractivity contribution in [3.8, 4) is 0 Å². The van der Waals surface area contributed by atoms with Crippen molar-refractivity contribution >= 4 is 6.21 Å². The van der Waals surface area contributed by atoms with Crippen LogP contribution < -0.4 is 5.73 Å². The Bertz CT molecular complexity index is 99.8. The van der Waals surface area contributed by atoms with Gasteiger partial charge in [-0.05, 0) is 27.0 Å². The van der Waals surface area contributed by atoms with Gasteiger partial charge in [0.05, 0.1) is 0 Å². The zero-order valence-electron chi connectivity index (χ0n) is 7.39. The molecule has 0 heterocycles. The average Bonchev–Trinajstić information content (AvgIpc) is 2.03. The second-order valence-corrected chi connectivity index (χ2v) is 1.86. The highest BCUT2D eigenvalue weighted by Crippen LogP contribution is 1.82. The van der Waals surface area contributed by atoms with Gasteiger partial charge < -0.3 is 10.7 Å². The predicted molar refractivity (Wildman–Crippen MR) is 48.6 cm³/mol. The smallest absolute Gasteiger partial charge is 0.0273 e. The van der Waals surface area contributed by atoms with Gasteiger partial charge >= 0.3 is 0 Å². The maximum Gasteiger partial charge on any atom is 0.0273 e. The lowest BCUT2D eigenvalue weighted by Crippen LogP contribution is -1.98. The Balaban J connectivity index is 0. The zero-order chi connectivity index (χ0) is 8.41. The van der Waals surface area contributed by atoms with Crippen LogP contribution in [0.25, 0.3) is 0 Å². The highest BCUT2D eigenvalue weighted by molar-refractivity contribution is 5.52. The van der Waals surface area contributed by atoms with Crippen LogP contribution in [0.4, 0.5) is 0 Å². The summed E-state index contributed by atoms with van der Waals surface area (Å²) in [4.78, 5) is 3.61. The van der Waals surface area contributed by atoms with Crippen LogP contribution in [-0.4, -0.2) is 19.8 Å². The van der Waals surface area contributed by atoms with Gasteiger partial charge in [-0.1, -0.05) is 11.6 Å². The van der Waals surface area contributed by atoms with E-state index in [0.717, 1.165) is 0 Å². The van der Waals surface area contributed by atoms with Crippen LogP contribution >= 0.6 is 0 Å². The third-order valence-electron chi connectivity index (χ3n) is 1.07. The van der Waals surface area contributed by atoms with E-state index in [1.807, 2.05) is 26.8 Å². The van der Waals surface area contributed by atoms with Gasteiger partial charge in [0.2, 0.25) is 0 Å². The summed E-state index contributed by atoms with van der Waals surface area (Å²) >= 11 is 0. The number of nitrogens with two attached hydrogens (primary N) is 1. The van der Waals surface area contributed by atoms with Crippen molar-refractivity contribution in [1.29, 1.82) is 0 Å². The van der Waals surface area contributed by atoms with Gasteiger partial charge in [0.15, 0.2) is 0 Å². The summed E-state index contributed by atoms with van der Waals surface area (Å²) in [5.41, 5.74) is 6.46. The maximum atomic E-state index is 5.21. The minimum Gasteiger partial charge on any atom is -0.327 e. The number of aliphatic imine (C=N–C) groups is 1. The second-order valence-electron chi connectivity index (χ2n) is 1.86. The molecule has 0 unspecified atom stereocenters. The Hall–Kier alpha value is -0.630. The van der Waals surface area contributed by atoms with Crippen molar-refractivity contribution in [2.45, 2.75) is 20.8 Å². The molecule has 0 bridgehead atoms. The first-order valence-electron chi connectivity index (χ1n) is 3.41. The fourth-order valence-corrected chi connectivity index (χ4v) is 0.118. The van der Waals surface area contributed by atoms with Crippen molar-refractivity contribution in [2.75, 3.05) is 13.6 Å². The van der Waals surface area contributed by atoms with Crippen LogP contribution in [0.15, 0.2) is 16.6 Å². The fourth-order valence-electron chi connectivity index (χ4n) is 0.118. The van der Waals surface area contributed by atoms with Crippen molar-refractivity contribution in [1.82, 2.24) is 0 Å². The van der Waals surface area contributed by atoms with E-state index < -0.39 is 0 Å². The highest BCUT2D eigenvalue weighted by atomic mass is 14.6. The van der Waals surface area contributed by atoms with Gasteiger partial charge in [0.25, 0.3) is 0 Å². The van der Waals surface area contributed by atoms with Crippen molar-refractivity contribution in [3.05, 3.63) is 11.6 Å². The molecule has 0 atom stereocenters. The monoisotopic (exact) mass is 142 g/mol. The molecule has 2 nitrogen and oxygen atoms in total. The standard InChI is InChI=1S/C5H11N.C3H7N/c1-3-5(2)4-6;1-3-4-2/h3H,4,6H2,1-2H3;3H,1-2H3/b5-3+;. The lowest BCUT2D eigenvalue weighted by Gasteiger charge is -1.85. The molecule has 10 heavy (non-hydrogen) atoms. The lowest BCUT2D eigenvalue weighted by molar-refractivity contribution is 1.13. The first-order valence-corrected chi connectivity index (χ1v) is 3.41. The molecule has 0 aliphatic heterocycles. The molecule has 0 aliphatic carbocycles. The second kappa shape index (κ2) is 11.2. The van der Waals surface area contributed by atoms with Gasteiger partial charge in [-0.15, -0.1) is 0 Å². The summed E-state index contributed by atoms with van der Waals surface area (Å²) in [6, 6.07) is 0. The molecule has 0 aromatic rings.